The van der Waals surface area contributed by atoms with Crippen LogP contribution < -0.4 is 9.47 Å². The number of nitrogens with one attached hydrogen (secondary N) is 1. The second kappa shape index (κ2) is 9.99. The maximum Gasteiger partial charge on any atom is 0.283 e. The molecule has 2 heterocycles. The SMILES string of the molecule is COc1cc(/C=C2\C(=N)N3N=C(CC(C)C)SC3=NC2=O)cc(Cl)c1OCc1ccc(F)cc1. The van der Waals surface area contributed by atoms with Gasteiger partial charge in [0.05, 0.1) is 17.7 Å². The number of thioether (sulfide) groups is 1. The van der Waals surface area contributed by atoms with Gasteiger partial charge in [-0.05, 0) is 59.1 Å². The van der Waals surface area contributed by atoms with E-state index in [4.69, 9.17) is 26.5 Å². The fraction of sp³-hybridized carbons (Fsp3) is 0.250. The number of hydrogen-bond donors (Lipinski definition) is 1. The Kier molecular flexibility index (Phi) is 7.04. The first-order valence-electron chi connectivity index (χ1n) is 10.5. The molecule has 10 heteroatoms. The van der Waals surface area contributed by atoms with Crippen LogP contribution >= 0.6 is 23.4 Å². The van der Waals surface area contributed by atoms with E-state index in [1.54, 1.807) is 24.3 Å². The molecule has 1 N–H and O–H groups in total. The van der Waals surface area contributed by atoms with Crippen LogP contribution in [0.5, 0.6) is 11.5 Å². The quantitative estimate of drug-likeness (QED) is 0.490. The minimum atomic E-state index is -0.517. The summed E-state index contributed by atoms with van der Waals surface area (Å²) in [7, 11) is 1.48. The molecule has 0 bridgehead atoms. The highest BCUT2D eigenvalue weighted by molar-refractivity contribution is 8.26. The van der Waals surface area contributed by atoms with E-state index < -0.39 is 5.91 Å². The Morgan fingerprint density at radius 3 is 2.68 bits per heavy atom. The van der Waals surface area contributed by atoms with Gasteiger partial charge >= 0.3 is 0 Å². The Balaban J connectivity index is 1.58. The molecule has 2 aromatic rings. The molecular formula is C24H22ClFN4O3S. The summed E-state index contributed by atoms with van der Waals surface area (Å²) in [6.45, 7) is 4.32. The van der Waals surface area contributed by atoms with Crippen molar-refractivity contribution in [3.63, 3.8) is 0 Å². The molecule has 176 valence electrons. The van der Waals surface area contributed by atoms with E-state index in [9.17, 15) is 9.18 Å². The Morgan fingerprint density at radius 2 is 2.00 bits per heavy atom. The number of ether oxygens (including phenoxy) is 2. The van der Waals surface area contributed by atoms with Gasteiger partial charge in [0.15, 0.2) is 17.3 Å². The lowest BCUT2D eigenvalue weighted by atomic mass is 10.1. The fourth-order valence-electron chi connectivity index (χ4n) is 3.33. The van der Waals surface area contributed by atoms with Gasteiger partial charge in [-0.1, -0.05) is 37.6 Å². The third-order valence-electron chi connectivity index (χ3n) is 4.94. The van der Waals surface area contributed by atoms with Gasteiger partial charge in [-0.15, -0.1) is 0 Å². The number of nitrogens with zero attached hydrogens (tertiary/aromatic N) is 3. The predicted octanol–water partition coefficient (Wildman–Crippen LogP) is 5.73. The summed E-state index contributed by atoms with van der Waals surface area (Å²) < 4.78 is 24.4. The van der Waals surface area contributed by atoms with Crippen molar-refractivity contribution < 1.29 is 18.7 Å². The number of aliphatic imine (C=N–C) groups is 1. The summed E-state index contributed by atoms with van der Waals surface area (Å²) in [6, 6.07) is 9.22. The molecule has 0 aromatic heterocycles. The van der Waals surface area contributed by atoms with Crippen LogP contribution in [0.15, 0.2) is 52.1 Å². The highest BCUT2D eigenvalue weighted by Crippen LogP contribution is 2.38. The Bertz CT molecular complexity index is 1240. The molecule has 34 heavy (non-hydrogen) atoms. The Labute approximate surface area is 205 Å². The van der Waals surface area contributed by atoms with Gasteiger partial charge in [-0.3, -0.25) is 10.2 Å². The molecule has 0 saturated heterocycles. The number of halogens is 2. The van der Waals surface area contributed by atoms with Crippen LogP contribution in [0, 0.1) is 17.1 Å². The van der Waals surface area contributed by atoms with E-state index in [1.165, 1.54) is 42.1 Å². The zero-order chi connectivity index (χ0) is 24.4. The number of amidine groups is 2. The average Bonchev–Trinajstić information content (AvgIpc) is 3.18. The van der Waals surface area contributed by atoms with Crippen molar-refractivity contribution in [2.75, 3.05) is 7.11 Å². The lowest BCUT2D eigenvalue weighted by Crippen LogP contribution is -2.35. The van der Waals surface area contributed by atoms with Crippen LogP contribution in [0.3, 0.4) is 0 Å². The normalized spacial score (nSPS) is 16.6. The number of amides is 1. The van der Waals surface area contributed by atoms with E-state index in [1.807, 2.05) is 0 Å². The number of hydrazone groups is 1. The summed E-state index contributed by atoms with van der Waals surface area (Å²) in [6.07, 6.45) is 2.27. The molecule has 0 fully saturated rings. The monoisotopic (exact) mass is 500 g/mol. The minimum Gasteiger partial charge on any atom is -0.493 e. The van der Waals surface area contributed by atoms with Gasteiger partial charge in [0.25, 0.3) is 5.91 Å². The van der Waals surface area contributed by atoms with E-state index in [2.05, 4.69) is 23.9 Å². The van der Waals surface area contributed by atoms with Crippen molar-refractivity contribution >= 4 is 51.4 Å². The summed E-state index contributed by atoms with van der Waals surface area (Å²) >= 11 is 7.77. The van der Waals surface area contributed by atoms with Crippen LogP contribution in [-0.2, 0) is 11.4 Å². The zero-order valence-electron chi connectivity index (χ0n) is 18.8. The van der Waals surface area contributed by atoms with Crippen LogP contribution in [0.1, 0.15) is 31.4 Å². The molecule has 4 rings (SSSR count). The highest BCUT2D eigenvalue weighted by Gasteiger charge is 2.35. The molecule has 0 unspecified atom stereocenters. The Morgan fingerprint density at radius 1 is 1.26 bits per heavy atom. The summed E-state index contributed by atoms with van der Waals surface area (Å²) in [5, 5.41) is 15.8. The molecule has 1 amide bonds. The lowest BCUT2D eigenvalue weighted by Gasteiger charge is -2.20. The van der Waals surface area contributed by atoms with Crippen LogP contribution in [-0.4, -0.2) is 34.1 Å². The predicted molar refractivity (Wildman–Crippen MR) is 133 cm³/mol. The maximum atomic E-state index is 13.1. The van der Waals surface area contributed by atoms with Crippen molar-refractivity contribution in [1.29, 1.82) is 5.41 Å². The summed E-state index contributed by atoms with van der Waals surface area (Å²) in [5.41, 5.74) is 1.40. The van der Waals surface area contributed by atoms with Gasteiger partial charge in [0, 0.05) is 6.42 Å². The van der Waals surface area contributed by atoms with Crippen molar-refractivity contribution in [3.8, 4) is 11.5 Å². The van der Waals surface area contributed by atoms with Crippen molar-refractivity contribution in [1.82, 2.24) is 5.01 Å². The van der Waals surface area contributed by atoms with Crippen LogP contribution in [0.2, 0.25) is 5.02 Å². The van der Waals surface area contributed by atoms with E-state index in [0.717, 1.165) is 17.0 Å². The molecule has 0 saturated carbocycles. The topological polar surface area (TPSA) is 87.3 Å². The van der Waals surface area contributed by atoms with Crippen molar-refractivity contribution in [2.24, 2.45) is 16.0 Å². The zero-order valence-corrected chi connectivity index (χ0v) is 20.3. The average molecular weight is 501 g/mol. The third kappa shape index (κ3) is 5.15. The van der Waals surface area contributed by atoms with Crippen molar-refractivity contribution in [2.45, 2.75) is 26.9 Å². The first-order valence-corrected chi connectivity index (χ1v) is 11.7. The van der Waals surface area contributed by atoms with Crippen LogP contribution in [0.25, 0.3) is 6.08 Å². The van der Waals surface area contributed by atoms with E-state index in [-0.39, 0.29) is 28.9 Å². The molecule has 0 radical (unpaired) electrons. The lowest BCUT2D eigenvalue weighted by molar-refractivity contribution is -0.114. The van der Waals surface area contributed by atoms with Gasteiger partial charge in [-0.2, -0.15) is 15.1 Å². The largest absolute Gasteiger partial charge is 0.493 e. The molecule has 2 aliphatic heterocycles. The molecule has 0 spiro atoms. The van der Waals surface area contributed by atoms with Crippen LogP contribution in [0.4, 0.5) is 4.39 Å². The number of fused-ring (bicyclic) bond motifs is 1. The third-order valence-corrected chi connectivity index (χ3v) is 6.15. The van der Waals surface area contributed by atoms with Gasteiger partial charge in [0.1, 0.15) is 17.5 Å². The van der Waals surface area contributed by atoms with E-state index >= 15 is 0 Å². The first kappa shape index (κ1) is 24.0. The second-order valence-corrected chi connectivity index (χ2v) is 9.51. The van der Waals surface area contributed by atoms with Gasteiger partial charge in [0.2, 0.25) is 5.17 Å². The standard InChI is InChI=1S/C24H22ClFN4O3S/c1-13(2)8-20-29-30-22(27)17(23(31)28-24(30)34-20)9-15-10-18(25)21(19(11-15)32-3)33-12-14-4-6-16(26)7-5-14/h4-7,9-11,13,27H,8,12H2,1-3H3/b17-9+,27-22?. The summed E-state index contributed by atoms with van der Waals surface area (Å²) in [4.78, 5) is 16.8. The first-order chi connectivity index (χ1) is 16.2. The number of carbonyl (C=O) groups excluding carboxylic acids is 1. The van der Waals surface area contributed by atoms with Crippen molar-refractivity contribution in [3.05, 3.63) is 63.9 Å². The minimum absolute atomic E-state index is 0.0482. The van der Waals surface area contributed by atoms with Gasteiger partial charge < -0.3 is 9.47 Å². The highest BCUT2D eigenvalue weighted by atomic mass is 35.5. The number of methoxy groups -OCH3 is 1. The number of carbonyl (C=O) groups is 1. The maximum absolute atomic E-state index is 13.1. The van der Waals surface area contributed by atoms with Gasteiger partial charge in [-0.25, -0.2) is 4.39 Å². The van der Waals surface area contributed by atoms with E-state index in [0.29, 0.717) is 28.1 Å². The molecule has 2 aliphatic rings. The molecule has 0 atom stereocenters. The molecule has 7 nitrogen and oxygen atoms in total. The number of hydrogen-bond acceptors (Lipinski definition) is 6. The number of benzene rings is 2. The second-order valence-electron chi connectivity index (χ2n) is 8.06. The molecule has 2 aromatic carbocycles. The molecular weight excluding hydrogens is 479 g/mol. The smallest absolute Gasteiger partial charge is 0.283 e. The number of rotatable bonds is 7. The summed E-state index contributed by atoms with van der Waals surface area (Å²) in [5.74, 6) is 0.177. The fourth-order valence-corrected chi connectivity index (χ4v) is 4.70. The Hall–Kier alpha value is -3.17. The molecule has 0 aliphatic carbocycles.